The van der Waals surface area contributed by atoms with Crippen LogP contribution >= 0.6 is 27.5 Å². The third-order valence-corrected chi connectivity index (χ3v) is 4.70. The molecule has 2 aromatic rings. The van der Waals surface area contributed by atoms with Gasteiger partial charge in [-0.1, -0.05) is 11.6 Å². The SMILES string of the molecule is CS(=O)c1c(C#N)nn(-c2c(Cl)cc(C(F)(F)F)cc2Br)c1N. The molecule has 1 unspecified atom stereocenters. The van der Waals surface area contributed by atoms with Crippen LogP contribution in [-0.4, -0.2) is 20.2 Å². The molecule has 0 amide bonds. The standard InChI is InChI=1S/C12H7BrClF3N4OS/c1-23(22)10-8(4-18)20-21(11(10)19)9-6(13)2-5(3-7(9)14)12(15,16)17/h2-3H,19H2,1H3. The Hall–Kier alpha value is -1.57. The maximum absolute atomic E-state index is 12.8. The van der Waals surface area contributed by atoms with Gasteiger partial charge in [0.15, 0.2) is 5.69 Å². The van der Waals surface area contributed by atoms with Gasteiger partial charge < -0.3 is 5.73 Å². The fourth-order valence-corrected chi connectivity index (χ4v) is 3.66. The first kappa shape index (κ1) is 17.8. The van der Waals surface area contributed by atoms with Crippen molar-refractivity contribution in [3.63, 3.8) is 0 Å². The van der Waals surface area contributed by atoms with Crippen molar-refractivity contribution in [1.82, 2.24) is 9.78 Å². The lowest BCUT2D eigenvalue weighted by Gasteiger charge is -2.13. The van der Waals surface area contributed by atoms with Gasteiger partial charge in [-0.25, -0.2) is 4.68 Å². The molecule has 11 heteroatoms. The molecule has 122 valence electrons. The number of hydrogen-bond donors (Lipinski definition) is 1. The second kappa shape index (κ2) is 6.14. The number of benzene rings is 1. The Bertz CT molecular complexity index is 836. The number of aromatic nitrogens is 2. The Morgan fingerprint density at radius 2 is 2.09 bits per heavy atom. The minimum atomic E-state index is -4.58. The molecule has 0 aliphatic heterocycles. The number of halogens is 5. The van der Waals surface area contributed by atoms with Crippen LogP contribution in [0.15, 0.2) is 21.5 Å². The first-order chi connectivity index (χ1) is 10.6. The summed E-state index contributed by atoms with van der Waals surface area (Å²) in [6.45, 7) is 0. The summed E-state index contributed by atoms with van der Waals surface area (Å²) in [7, 11) is -1.61. The molecule has 23 heavy (non-hydrogen) atoms. The van der Waals surface area contributed by atoms with Crippen molar-refractivity contribution in [2.75, 3.05) is 12.0 Å². The van der Waals surface area contributed by atoms with E-state index in [1.54, 1.807) is 6.07 Å². The lowest BCUT2D eigenvalue weighted by molar-refractivity contribution is -0.137. The van der Waals surface area contributed by atoms with Gasteiger partial charge in [0.2, 0.25) is 0 Å². The van der Waals surface area contributed by atoms with Crippen molar-refractivity contribution in [2.24, 2.45) is 0 Å². The first-order valence-corrected chi connectivity index (χ1v) is 8.49. The predicted octanol–water partition coefficient (Wildman–Crippen LogP) is 3.50. The van der Waals surface area contributed by atoms with E-state index in [-0.39, 0.29) is 31.6 Å². The number of nitriles is 1. The Balaban J connectivity index is 2.74. The molecule has 1 atom stereocenters. The lowest BCUT2D eigenvalue weighted by Crippen LogP contribution is -2.09. The smallest absolute Gasteiger partial charge is 0.383 e. The Kier molecular flexibility index (Phi) is 4.75. The van der Waals surface area contributed by atoms with Crippen molar-refractivity contribution in [3.05, 3.63) is 32.9 Å². The van der Waals surface area contributed by atoms with Gasteiger partial charge in [0.1, 0.15) is 16.8 Å². The van der Waals surface area contributed by atoms with Gasteiger partial charge in [0, 0.05) is 10.7 Å². The van der Waals surface area contributed by atoms with E-state index in [4.69, 9.17) is 22.6 Å². The number of alkyl halides is 3. The van der Waals surface area contributed by atoms with Crippen molar-refractivity contribution < 1.29 is 17.4 Å². The summed E-state index contributed by atoms with van der Waals surface area (Å²) in [6.07, 6.45) is -3.27. The average molecular weight is 428 g/mol. The first-order valence-electron chi connectivity index (χ1n) is 5.76. The zero-order valence-corrected chi connectivity index (χ0v) is 14.4. The van der Waals surface area contributed by atoms with Crippen LogP contribution in [-0.2, 0) is 17.0 Å². The predicted molar refractivity (Wildman–Crippen MR) is 82.7 cm³/mol. The van der Waals surface area contributed by atoms with E-state index in [1.807, 2.05) is 0 Å². The molecule has 0 saturated heterocycles. The number of nitrogens with two attached hydrogens (primary N) is 1. The molecule has 1 aromatic heterocycles. The molecule has 0 bridgehead atoms. The van der Waals surface area contributed by atoms with Crippen LogP contribution in [0.4, 0.5) is 19.0 Å². The van der Waals surface area contributed by atoms with Gasteiger partial charge in [0.25, 0.3) is 0 Å². The number of nitrogens with zero attached hydrogens (tertiary/aromatic N) is 3. The second-order valence-corrected chi connectivity index (χ2v) is 6.90. The van der Waals surface area contributed by atoms with E-state index in [0.29, 0.717) is 0 Å². The lowest BCUT2D eigenvalue weighted by atomic mass is 10.2. The molecule has 0 radical (unpaired) electrons. The zero-order chi connectivity index (χ0) is 17.5. The van der Waals surface area contributed by atoms with Crippen LogP contribution in [0.2, 0.25) is 5.02 Å². The number of hydrogen-bond acceptors (Lipinski definition) is 4. The van der Waals surface area contributed by atoms with Gasteiger partial charge in [-0.3, -0.25) is 4.21 Å². The molecular weight excluding hydrogens is 421 g/mol. The molecule has 2 N–H and O–H groups in total. The van der Waals surface area contributed by atoms with E-state index >= 15 is 0 Å². The summed E-state index contributed by atoms with van der Waals surface area (Å²) in [5.41, 5.74) is 4.70. The zero-order valence-electron chi connectivity index (χ0n) is 11.3. The normalized spacial score (nSPS) is 12.9. The molecule has 0 fully saturated rings. The molecule has 1 aromatic carbocycles. The van der Waals surface area contributed by atoms with Crippen molar-refractivity contribution in [3.8, 4) is 11.8 Å². The van der Waals surface area contributed by atoms with Gasteiger partial charge >= 0.3 is 6.18 Å². The quantitative estimate of drug-likeness (QED) is 0.795. The van der Waals surface area contributed by atoms with Crippen LogP contribution in [0.5, 0.6) is 0 Å². The van der Waals surface area contributed by atoms with Gasteiger partial charge in [-0.05, 0) is 28.1 Å². The van der Waals surface area contributed by atoms with Crippen LogP contribution in [0, 0.1) is 11.3 Å². The maximum atomic E-state index is 12.8. The van der Waals surface area contributed by atoms with Crippen LogP contribution in [0.3, 0.4) is 0 Å². The fraction of sp³-hybridized carbons (Fsp3) is 0.167. The van der Waals surface area contributed by atoms with Crippen LogP contribution in [0.25, 0.3) is 5.69 Å². The van der Waals surface area contributed by atoms with E-state index in [2.05, 4.69) is 21.0 Å². The molecule has 2 rings (SSSR count). The summed E-state index contributed by atoms with van der Waals surface area (Å²) >= 11 is 8.92. The number of nitrogen functional groups attached to an aromatic ring is 1. The van der Waals surface area contributed by atoms with E-state index < -0.39 is 22.5 Å². The highest BCUT2D eigenvalue weighted by Gasteiger charge is 2.32. The van der Waals surface area contributed by atoms with Crippen molar-refractivity contribution >= 4 is 44.1 Å². The summed E-state index contributed by atoms with van der Waals surface area (Å²) in [5.74, 6) is -0.134. The van der Waals surface area contributed by atoms with E-state index in [1.165, 1.54) is 6.26 Å². The highest BCUT2D eigenvalue weighted by Crippen LogP contribution is 2.39. The van der Waals surface area contributed by atoms with Gasteiger partial charge in [-0.15, -0.1) is 0 Å². The minimum Gasteiger partial charge on any atom is -0.383 e. The van der Waals surface area contributed by atoms with E-state index in [9.17, 15) is 17.4 Å². The minimum absolute atomic E-state index is 0.00429. The third-order valence-electron chi connectivity index (χ3n) is 2.83. The summed E-state index contributed by atoms with van der Waals surface area (Å²) < 4.78 is 51.0. The molecule has 0 aliphatic carbocycles. The van der Waals surface area contributed by atoms with Crippen molar-refractivity contribution in [2.45, 2.75) is 11.1 Å². The monoisotopic (exact) mass is 426 g/mol. The largest absolute Gasteiger partial charge is 0.416 e. The summed E-state index contributed by atoms with van der Waals surface area (Å²) in [6, 6.07) is 3.28. The topological polar surface area (TPSA) is 84.7 Å². The average Bonchev–Trinajstić information content (AvgIpc) is 2.74. The maximum Gasteiger partial charge on any atom is 0.416 e. The molecule has 5 nitrogen and oxygen atoms in total. The number of rotatable bonds is 2. The fourth-order valence-electron chi connectivity index (χ4n) is 1.88. The van der Waals surface area contributed by atoms with Gasteiger partial charge in [-0.2, -0.15) is 23.5 Å². The molecule has 1 heterocycles. The molecule has 0 saturated carbocycles. The Morgan fingerprint density at radius 3 is 2.48 bits per heavy atom. The molecule has 0 spiro atoms. The van der Waals surface area contributed by atoms with Gasteiger partial charge in [0.05, 0.1) is 27.1 Å². The van der Waals surface area contributed by atoms with Crippen LogP contribution in [0.1, 0.15) is 11.3 Å². The second-order valence-electron chi connectivity index (χ2n) is 4.33. The van der Waals surface area contributed by atoms with Crippen molar-refractivity contribution in [1.29, 1.82) is 5.26 Å². The number of anilines is 1. The summed E-state index contributed by atoms with van der Waals surface area (Å²) in [5, 5.41) is 12.6. The van der Waals surface area contributed by atoms with E-state index in [0.717, 1.165) is 16.8 Å². The molecule has 0 aliphatic rings. The highest BCUT2D eigenvalue weighted by molar-refractivity contribution is 9.10. The Labute approximate surface area is 144 Å². The summed E-state index contributed by atoms with van der Waals surface area (Å²) in [4.78, 5) is -0.00429. The highest BCUT2D eigenvalue weighted by atomic mass is 79.9. The van der Waals surface area contributed by atoms with Crippen LogP contribution < -0.4 is 5.73 Å². The third kappa shape index (κ3) is 3.22. The molecular formula is C12H7BrClF3N4OS. The Morgan fingerprint density at radius 1 is 1.48 bits per heavy atom.